The summed E-state index contributed by atoms with van der Waals surface area (Å²) >= 11 is 12.2. The predicted octanol–water partition coefficient (Wildman–Crippen LogP) is 1.06. The molecule has 0 amide bonds. The van der Waals surface area contributed by atoms with Crippen LogP contribution in [0, 0.1) is 0 Å². The summed E-state index contributed by atoms with van der Waals surface area (Å²) in [6.45, 7) is 7.84. The normalized spacial score (nSPS) is 9.72. The molecule has 1 aromatic carbocycles. The Kier molecular flexibility index (Phi) is 9.29. The van der Waals surface area contributed by atoms with Crippen molar-refractivity contribution in [2.45, 2.75) is 19.9 Å². The fraction of sp³-hybridized carbons (Fsp3) is 0.385. The minimum Gasteiger partial charge on any atom is -1.00 e. The van der Waals surface area contributed by atoms with Crippen molar-refractivity contribution in [3.63, 3.8) is 0 Å². The van der Waals surface area contributed by atoms with Crippen LogP contribution in [0.4, 0.5) is 0 Å². The van der Waals surface area contributed by atoms with E-state index in [4.69, 9.17) is 27.9 Å². The van der Waals surface area contributed by atoms with E-state index in [1.165, 1.54) is 0 Å². The third kappa shape index (κ3) is 5.49. The van der Waals surface area contributed by atoms with E-state index in [-0.39, 0.29) is 12.4 Å². The third-order valence-corrected chi connectivity index (χ3v) is 2.72. The van der Waals surface area contributed by atoms with Crippen molar-refractivity contribution in [2.75, 3.05) is 13.2 Å². The first-order valence-corrected chi connectivity index (χ1v) is 6.37. The van der Waals surface area contributed by atoms with Gasteiger partial charge in [0.05, 0.1) is 10.0 Å². The summed E-state index contributed by atoms with van der Waals surface area (Å²) in [5, 5.41) is 4.36. The maximum atomic E-state index is 6.11. The second-order valence-corrected chi connectivity index (χ2v) is 4.48. The van der Waals surface area contributed by atoms with Gasteiger partial charge >= 0.3 is 0 Å². The van der Waals surface area contributed by atoms with E-state index < -0.39 is 0 Å². The molecule has 0 spiro atoms. The molecule has 0 saturated heterocycles. The lowest BCUT2D eigenvalue weighted by molar-refractivity contribution is -0.00000377. The van der Waals surface area contributed by atoms with Crippen molar-refractivity contribution in [1.29, 1.82) is 0 Å². The van der Waals surface area contributed by atoms with E-state index in [2.05, 4.69) is 18.8 Å². The largest absolute Gasteiger partial charge is 1.00 e. The van der Waals surface area contributed by atoms with Crippen LogP contribution >= 0.6 is 23.2 Å². The first-order chi connectivity index (χ1) is 8.19. The standard InChI is InChI=1S/C13H17Cl2NO.ClH/c1-3-5-16-9-10-7-11(14)13(12(15)8-10)17-6-4-2;/h4,7-8,16H,2-3,5-6,9H2,1H3;1H/p-1. The minimum atomic E-state index is 0. The van der Waals surface area contributed by atoms with Gasteiger partial charge in [-0.15, -0.1) is 0 Å². The topological polar surface area (TPSA) is 21.3 Å². The molecule has 18 heavy (non-hydrogen) atoms. The molecule has 0 radical (unpaired) electrons. The molecule has 0 fully saturated rings. The average Bonchev–Trinajstić information content (AvgIpc) is 2.28. The van der Waals surface area contributed by atoms with Gasteiger partial charge in [0, 0.05) is 6.54 Å². The average molecular weight is 310 g/mol. The maximum absolute atomic E-state index is 6.11. The van der Waals surface area contributed by atoms with E-state index >= 15 is 0 Å². The fourth-order valence-corrected chi connectivity index (χ4v) is 2.05. The second-order valence-electron chi connectivity index (χ2n) is 3.67. The van der Waals surface area contributed by atoms with Crippen LogP contribution in [0.1, 0.15) is 18.9 Å². The molecule has 1 aromatic rings. The van der Waals surface area contributed by atoms with Gasteiger partial charge in [0.15, 0.2) is 5.75 Å². The minimum absolute atomic E-state index is 0. The highest BCUT2D eigenvalue weighted by molar-refractivity contribution is 6.37. The van der Waals surface area contributed by atoms with Gasteiger partial charge in [-0.05, 0) is 30.7 Å². The molecule has 0 unspecified atom stereocenters. The van der Waals surface area contributed by atoms with Gasteiger partial charge in [-0.25, -0.2) is 0 Å². The summed E-state index contributed by atoms with van der Waals surface area (Å²) in [6, 6.07) is 3.74. The number of benzene rings is 1. The van der Waals surface area contributed by atoms with Gasteiger partial charge in [0.25, 0.3) is 0 Å². The van der Waals surface area contributed by atoms with Crippen LogP contribution in [0.15, 0.2) is 24.8 Å². The van der Waals surface area contributed by atoms with E-state index in [1.807, 2.05) is 12.1 Å². The van der Waals surface area contributed by atoms with Gasteiger partial charge in [-0.1, -0.05) is 42.8 Å². The van der Waals surface area contributed by atoms with Gasteiger partial charge in [0.1, 0.15) is 6.61 Å². The van der Waals surface area contributed by atoms with Crippen molar-refractivity contribution in [2.24, 2.45) is 0 Å². The monoisotopic (exact) mass is 308 g/mol. The van der Waals surface area contributed by atoms with Crippen molar-refractivity contribution in [1.82, 2.24) is 5.32 Å². The lowest BCUT2D eigenvalue weighted by atomic mass is 10.2. The summed E-state index contributed by atoms with van der Waals surface area (Å²) in [6.07, 6.45) is 2.76. The molecule has 2 nitrogen and oxygen atoms in total. The Morgan fingerprint density at radius 3 is 2.44 bits per heavy atom. The SMILES string of the molecule is C=CCOc1c(Cl)cc(CNCCC)cc1Cl.[Cl-]. The van der Waals surface area contributed by atoms with Crippen LogP contribution in [0.25, 0.3) is 0 Å². The summed E-state index contributed by atoms with van der Waals surface area (Å²) in [5.41, 5.74) is 1.06. The molecule has 0 aliphatic carbocycles. The molecule has 5 heteroatoms. The van der Waals surface area contributed by atoms with E-state index in [0.29, 0.717) is 22.4 Å². The fourth-order valence-electron chi connectivity index (χ4n) is 1.40. The third-order valence-electron chi connectivity index (χ3n) is 2.16. The number of ether oxygens (including phenoxy) is 1. The Morgan fingerprint density at radius 2 is 1.94 bits per heavy atom. The Morgan fingerprint density at radius 1 is 1.33 bits per heavy atom. The van der Waals surface area contributed by atoms with E-state index in [1.54, 1.807) is 6.08 Å². The zero-order valence-corrected chi connectivity index (χ0v) is 12.6. The lowest BCUT2D eigenvalue weighted by Gasteiger charge is -2.11. The van der Waals surface area contributed by atoms with Crippen molar-refractivity contribution in [3.8, 4) is 5.75 Å². The molecule has 0 aliphatic heterocycles. The molecule has 1 rings (SSSR count). The summed E-state index contributed by atoms with van der Waals surface area (Å²) in [7, 11) is 0. The first kappa shape index (κ1) is 17.6. The first-order valence-electron chi connectivity index (χ1n) is 5.61. The van der Waals surface area contributed by atoms with Crippen molar-refractivity contribution < 1.29 is 17.1 Å². The van der Waals surface area contributed by atoms with Crippen molar-refractivity contribution >= 4 is 23.2 Å². The zero-order chi connectivity index (χ0) is 12.7. The van der Waals surface area contributed by atoms with Gasteiger partial charge < -0.3 is 22.5 Å². The summed E-state index contributed by atoms with van der Waals surface area (Å²) in [5.74, 6) is 0.521. The van der Waals surface area contributed by atoms with Gasteiger partial charge in [-0.2, -0.15) is 0 Å². The summed E-state index contributed by atoms with van der Waals surface area (Å²) < 4.78 is 5.40. The molecule has 102 valence electrons. The van der Waals surface area contributed by atoms with Crippen LogP contribution in [-0.2, 0) is 6.54 Å². The van der Waals surface area contributed by atoms with Crippen LogP contribution in [0.5, 0.6) is 5.75 Å². The molecule has 0 heterocycles. The Hall–Kier alpha value is -0.410. The molecule has 0 bridgehead atoms. The number of nitrogens with one attached hydrogen (secondary N) is 1. The number of halogens is 3. The van der Waals surface area contributed by atoms with Gasteiger partial charge in [-0.3, -0.25) is 0 Å². The zero-order valence-electron chi connectivity index (χ0n) is 10.3. The Labute approximate surface area is 125 Å². The Balaban J connectivity index is 0.00000289. The molecular weight excluding hydrogens is 293 g/mol. The van der Waals surface area contributed by atoms with Crippen molar-refractivity contribution in [3.05, 3.63) is 40.4 Å². The number of rotatable bonds is 7. The highest BCUT2D eigenvalue weighted by atomic mass is 35.5. The molecule has 0 atom stereocenters. The predicted molar refractivity (Wildman–Crippen MR) is 74.2 cm³/mol. The molecular formula is C13H17Cl3NO-. The number of hydrogen-bond donors (Lipinski definition) is 1. The molecule has 1 N–H and O–H groups in total. The number of hydrogen-bond acceptors (Lipinski definition) is 2. The van der Waals surface area contributed by atoms with E-state index in [9.17, 15) is 0 Å². The van der Waals surface area contributed by atoms with E-state index in [0.717, 1.165) is 25.1 Å². The quantitative estimate of drug-likeness (QED) is 0.601. The van der Waals surface area contributed by atoms with Gasteiger partial charge in [0.2, 0.25) is 0 Å². The lowest BCUT2D eigenvalue weighted by Crippen LogP contribution is -3.00. The molecule has 0 saturated carbocycles. The molecule has 0 aliphatic rings. The smallest absolute Gasteiger partial charge is 0.156 e. The highest BCUT2D eigenvalue weighted by Gasteiger charge is 2.09. The van der Waals surface area contributed by atoms with Crippen LogP contribution in [-0.4, -0.2) is 13.2 Å². The molecule has 0 aromatic heterocycles. The van der Waals surface area contributed by atoms with Crippen LogP contribution < -0.4 is 22.5 Å². The Bertz CT molecular complexity index is 359. The van der Waals surface area contributed by atoms with Crippen LogP contribution in [0.2, 0.25) is 10.0 Å². The summed E-state index contributed by atoms with van der Waals surface area (Å²) in [4.78, 5) is 0. The maximum Gasteiger partial charge on any atom is 0.156 e. The van der Waals surface area contributed by atoms with Crippen LogP contribution in [0.3, 0.4) is 0 Å². The highest BCUT2D eigenvalue weighted by Crippen LogP contribution is 2.34. The second kappa shape index (κ2) is 9.51.